The van der Waals surface area contributed by atoms with Gasteiger partial charge in [-0.2, -0.15) is 0 Å². The van der Waals surface area contributed by atoms with Crippen molar-refractivity contribution in [2.75, 3.05) is 0 Å². The molecular formula is C8H15FSi. The molecule has 0 spiro atoms. The van der Waals surface area contributed by atoms with Crippen LogP contribution < -0.4 is 0 Å². The summed E-state index contributed by atoms with van der Waals surface area (Å²) in [6, 6.07) is 0. The lowest BCUT2D eigenvalue weighted by molar-refractivity contribution is -0.119. The van der Waals surface area contributed by atoms with Gasteiger partial charge in [0.2, 0.25) is 0 Å². The fourth-order valence-electron chi connectivity index (χ4n) is 2.46. The quantitative estimate of drug-likeness (QED) is 0.515. The monoisotopic (exact) mass is 158 g/mol. The summed E-state index contributed by atoms with van der Waals surface area (Å²) in [4.78, 5) is 0. The molecule has 2 heteroatoms. The minimum atomic E-state index is -1.02. The second-order valence-electron chi connectivity index (χ2n) is 5.21. The van der Waals surface area contributed by atoms with Crippen molar-refractivity contribution in [1.29, 1.82) is 0 Å². The third-order valence-electron chi connectivity index (χ3n) is 3.56. The van der Waals surface area contributed by atoms with Gasteiger partial charge in [-0.3, -0.25) is 0 Å². The Hall–Kier alpha value is 0.147. The number of alkyl halides is 1. The number of hydrogen-bond donors (Lipinski definition) is 0. The molecule has 10 heavy (non-hydrogen) atoms. The molecule has 0 aromatic rings. The Kier molecular flexibility index (Phi) is 0.928. The largest absolute Gasteiger partial charge is 0.244 e. The van der Waals surface area contributed by atoms with Gasteiger partial charge in [-0.15, -0.1) is 0 Å². The molecule has 0 radical (unpaired) electrons. The van der Waals surface area contributed by atoms with Crippen molar-refractivity contribution >= 4 is 8.07 Å². The zero-order valence-electron chi connectivity index (χ0n) is 7.00. The lowest BCUT2D eigenvalue weighted by Gasteiger charge is -2.71. The molecular weight excluding hydrogens is 143 g/mol. The maximum atomic E-state index is 13.1. The highest BCUT2D eigenvalue weighted by atomic mass is 28.3. The number of hydrogen-bond acceptors (Lipinski definition) is 0. The fraction of sp³-hybridized carbons (Fsp3) is 1.00. The van der Waals surface area contributed by atoms with Gasteiger partial charge >= 0.3 is 0 Å². The molecule has 58 valence electrons. The van der Waals surface area contributed by atoms with Crippen molar-refractivity contribution in [3.8, 4) is 0 Å². The molecule has 3 fully saturated rings. The Balaban J connectivity index is 2.11. The summed E-state index contributed by atoms with van der Waals surface area (Å²) in [5.41, 5.74) is -0.680. The highest BCUT2D eigenvalue weighted by Gasteiger charge is 2.73. The van der Waals surface area contributed by atoms with E-state index in [1.54, 1.807) is 0 Å². The van der Waals surface area contributed by atoms with Crippen LogP contribution in [0.5, 0.6) is 0 Å². The molecule has 3 aliphatic carbocycles. The summed E-state index contributed by atoms with van der Waals surface area (Å²) in [6.07, 6.45) is 2.70. The van der Waals surface area contributed by atoms with Gasteiger partial charge in [0.1, 0.15) is 5.67 Å². The number of halogens is 1. The van der Waals surface area contributed by atoms with Gasteiger partial charge in [0, 0.05) is 0 Å². The van der Waals surface area contributed by atoms with E-state index in [4.69, 9.17) is 0 Å². The Bertz CT molecular complexity index is 160. The Morgan fingerprint density at radius 2 is 1.50 bits per heavy atom. The summed E-state index contributed by atoms with van der Waals surface area (Å²) in [5.74, 6) is 0. The summed E-state index contributed by atoms with van der Waals surface area (Å²) < 4.78 is 13.1. The number of rotatable bonds is 1. The Labute approximate surface area is 62.8 Å². The molecule has 0 saturated heterocycles. The lowest BCUT2D eigenvalue weighted by atomic mass is 9.52. The van der Waals surface area contributed by atoms with Crippen LogP contribution in [-0.2, 0) is 0 Å². The van der Waals surface area contributed by atoms with Crippen molar-refractivity contribution in [1.82, 2.24) is 0 Å². The topological polar surface area (TPSA) is 0 Å². The molecule has 0 heterocycles. The van der Waals surface area contributed by atoms with E-state index in [9.17, 15) is 4.39 Å². The van der Waals surface area contributed by atoms with Gasteiger partial charge in [-0.1, -0.05) is 19.6 Å². The molecule has 3 saturated carbocycles. The first kappa shape index (κ1) is 6.83. The minimum Gasteiger partial charge on any atom is -0.244 e. The summed E-state index contributed by atoms with van der Waals surface area (Å²) in [6.45, 7) is 7.10. The molecule has 0 atom stereocenters. The second-order valence-corrected chi connectivity index (χ2v) is 10.8. The summed E-state index contributed by atoms with van der Waals surface area (Å²) >= 11 is 0. The van der Waals surface area contributed by atoms with E-state index in [-0.39, 0.29) is 0 Å². The molecule has 0 aliphatic heterocycles. The Morgan fingerprint density at radius 3 is 1.60 bits per heavy atom. The second kappa shape index (κ2) is 1.36. The zero-order valence-corrected chi connectivity index (χ0v) is 8.00. The lowest BCUT2D eigenvalue weighted by Crippen LogP contribution is -2.68. The minimum absolute atomic E-state index is 0.530. The van der Waals surface area contributed by atoms with E-state index in [0.29, 0.717) is 5.04 Å². The van der Waals surface area contributed by atoms with E-state index in [1.165, 1.54) is 0 Å². The smallest absolute Gasteiger partial charge is 0.111 e. The van der Waals surface area contributed by atoms with E-state index in [2.05, 4.69) is 19.6 Å². The fourth-order valence-corrected chi connectivity index (χ4v) is 5.00. The molecule has 0 amide bonds. The van der Waals surface area contributed by atoms with Gasteiger partial charge in [-0.25, -0.2) is 4.39 Å². The highest BCUT2D eigenvalue weighted by molar-refractivity contribution is 6.80. The standard InChI is InChI=1S/C8H15FSi/c1-10(2,3)8-4-7(9,5-8)6-8/h4-6H2,1-3H3. The third kappa shape index (κ3) is 0.565. The molecule has 0 N–H and O–H groups in total. The van der Waals surface area contributed by atoms with Crippen LogP contribution in [0, 0.1) is 0 Å². The normalized spacial score (nSPS) is 51.6. The molecule has 0 aromatic heterocycles. The van der Waals surface area contributed by atoms with Crippen LogP contribution in [0.15, 0.2) is 0 Å². The van der Waals surface area contributed by atoms with Gasteiger partial charge in [-0.05, 0) is 24.3 Å². The molecule has 2 bridgehead atoms. The summed E-state index contributed by atoms with van der Waals surface area (Å²) in [7, 11) is -1.02. The summed E-state index contributed by atoms with van der Waals surface area (Å²) in [5, 5.41) is 0.530. The van der Waals surface area contributed by atoms with Gasteiger partial charge in [0.25, 0.3) is 0 Å². The SMILES string of the molecule is C[Si](C)(C)C12CC(F)(C1)C2. The van der Waals surface area contributed by atoms with Crippen LogP contribution in [0.4, 0.5) is 4.39 Å². The van der Waals surface area contributed by atoms with Crippen LogP contribution in [0.2, 0.25) is 24.7 Å². The van der Waals surface area contributed by atoms with Crippen molar-refractivity contribution in [2.24, 2.45) is 0 Å². The first-order valence-electron chi connectivity index (χ1n) is 4.06. The maximum absolute atomic E-state index is 13.1. The van der Waals surface area contributed by atoms with Crippen LogP contribution in [0.1, 0.15) is 19.3 Å². The van der Waals surface area contributed by atoms with Gasteiger partial charge < -0.3 is 0 Å². The average molecular weight is 158 g/mol. The van der Waals surface area contributed by atoms with Crippen molar-refractivity contribution < 1.29 is 4.39 Å². The van der Waals surface area contributed by atoms with Crippen LogP contribution in [0.25, 0.3) is 0 Å². The highest BCUT2D eigenvalue weighted by Crippen LogP contribution is 2.78. The third-order valence-corrected chi connectivity index (χ3v) is 7.27. The van der Waals surface area contributed by atoms with Crippen molar-refractivity contribution in [2.45, 2.75) is 49.6 Å². The van der Waals surface area contributed by atoms with Crippen molar-refractivity contribution in [3.63, 3.8) is 0 Å². The first-order valence-corrected chi connectivity index (χ1v) is 7.56. The Morgan fingerprint density at radius 1 is 1.10 bits per heavy atom. The molecule has 3 rings (SSSR count). The average Bonchev–Trinajstić information content (AvgIpc) is 1.51. The van der Waals surface area contributed by atoms with Gasteiger partial charge in [0.05, 0.1) is 8.07 Å². The first-order chi connectivity index (χ1) is 4.37. The van der Waals surface area contributed by atoms with E-state index < -0.39 is 13.7 Å². The van der Waals surface area contributed by atoms with Crippen LogP contribution in [0.3, 0.4) is 0 Å². The van der Waals surface area contributed by atoms with Crippen LogP contribution in [-0.4, -0.2) is 13.7 Å². The predicted molar refractivity (Wildman–Crippen MR) is 43.7 cm³/mol. The van der Waals surface area contributed by atoms with E-state index >= 15 is 0 Å². The maximum Gasteiger partial charge on any atom is 0.111 e. The molecule has 0 unspecified atom stereocenters. The van der Waals surface area contributed by atoms with Gasteiger partial charge in [0.15, 0.2) is 0 Å². The molecule has 0 nitrogen and oxygen atoms in total. The van der Waals surface area contributed by atoms with Crippen LogP contribution >= 0.6 is 0 Å². The van der Waals surface area contributed by atoms with E-state index in [0.717, 1.165) is 19.3 Å². The zero-order chi connectivity index (χ0) is 7.62. The predicted octanol–water partition coefficient (Wildman–Crippen LogP) is 2.97. The van der Waals surface area contributed by atoms with Crippen molar-refractivity contribution in [3.05, 3.63) is 0 Å². The van der Waals surface area contributed by atoms with E-state index in [1.807, 2.05) is 0 Å². The molecule has 0 aromatic carbocycles. The molecule has 3 aliphatic rings.